The molecular formula is C8H10F6O2. The van der Waals surface area contributed by atoms with Crippen LogP contribution in [0.1, 0.15) is 20.8 Å². The topological polar surface area (TPSA) is 26.3 Å². The zero-order valence-corrected chi connectivity index (χ0v) is 8.66. The molecule has 0 aromatic rings. The van der Waals surface area contributed by atoms with Crippen molar-refractivity contribution in [1.29, 1.82) is 0 Å². The Balaban J connectivity index is 5.03. The van der Waals surface area contributed by atoms with Gasteiger partial charge in [-0.05, 0) is 20.8 Å². The summed E-state index contributed by atoms with van der Waals surface area (Å²) in [6, 6.07) is 0. The van der Waals surface area contributed by atoms with Crippen molar-refractivity contribution < 1.29 is 35.9 Å². The van der Waals surface area contributed by atoms with Crippen LogP contribution in [0.25, 0.3) is 0 Å². The lowest BCUT2D eigenvalue weighted by Crippen LogP contribution is -2.45. The molecule has 0 bridgehead atoms. The molecule has 0 saturated heterocycles. The van der Waals surface area contributed by atoms with Gasteiger partial charge in [0.25, 0.3) is 0 Å². The Bertz CT molecular complexity index is 245. The van der Waals surface area contributed by atoms with Crippen molar-refractivity contribution >= 4 is 5.97 Å². The monoisotopic (exact) mass is 252 g/mol. The Morgan fingerprint density at radius 1 is 0.938 bits per heavy atom. The molecule has 96 valence electrons. The number of hydrogen-bond donors (Lipinski definition) is 0. The summed E-state index contributed by atoms with van der Waals surface area (Å²) in [5.74, 6) is -6.44. The van der Waals surface area contributed by atoms with Gasteiger partial charge in [-0.3, -0.25) is 4.79 Å². The molecule has 0 unspecified atom stereocenters. The zero-order valence-electron chi connectivity index (χ0n) is 8.66. The molecular weight excluding hydrogens is 242 g/mol. The number of rotatable bonds is 1. The Morgan fingerprint density at radius 3 is 1.44 bits per heavy atom. The molecule has 0 aliphatic rings. The summed E-state index contributed by atoms with van der Waals surface area (Å²) >= 11 is 0. The van der Waals surface area contributed by atoms with Gasteiger partial charge in [0.15, 0.2) is 0 Å². The van der Waals surface area contributed by atoms with E-state index in [1.807, 2.05) is 0 Å². The van der Waals surface area contributed by atoms with Crippen LogP contribution in [0.3, 0.4) is 0 Å². The standard InChI is InChI=1S/C8H10F6O2/c1-6(2,3)16-5(15)4(7(9,10)11)8(12,13)14/h4H,1-3H3. The number of alkyl halides is 6. The van der Waals surface area contributed by atoms with E-state index in [0.717, 1.165) is 0 Å². The molecule has 0 fully saturated rings. The van der Waals surface area contributed by atoms with Gasteiger partial charge in [0.2, 0.25) is 5.92 Å². The zero-order chi connectivity index (χ0) is 13.4. The number of carbonyl (C=O) groups is 1. The predicted octanol–water partition coefficient (Wildman–Crippen LogP) is 3.07. The first-order valence-corrected chi connectivity index (χ1v) is 4.11. The highest BCUT2D eigenvalue weighted by Crippen LogP contribution is 2.40. The minimum Gasteiger partial charge on any atom is -0.459 e. The van der Waals surface area contributed by atoms with Crippen LogP contribution in [-0.4, -0.2) is 23.9 Å². The van der Waals surface area contributed by atoms with Gasteiger partial charge in [0, 0.05) is 0 Å². The largest absolute Gasteiger partial charge is 0.459 e. The Hall–Kier alpha value is -0.950. The lowest BCUT2D eigenvalue weighted by Gasteiger charge is -2.26. The van der Waals surface area contributed by atoms with Gasteiger partial charge < -0.3 is 4.74 Å². The molecule has 0 amide bonds. The molecule has 0 aliphatic heterocycles. The highest BCUT2D eigenvalue weighted by molar-refractivity contribution is 5.74. The highest BCUT2D eigenvalue weighted by atomic mass is 19.4. The molecule has 16 heavy (non-hydrogen) atoms. The molecule has 8 heteroatoms. The van der Waals surface area contributed by atoms with Crippen LogP contribution in [-0.2, 0) is 9.53 Å². The number of hydrogen-bond acceptors (Lipinski definition) is 2. The van der Waals surface area contributed by atoms with Crippen molar-refractivity contribution in [2.45, 2.75) is 38.7 Å². The van der Waals surface area contributed by atoms with Crippen LogP contribution < -0.4 is 0 Å². The van der Waals surface area contributed by atoms with Gasteiger partial charge in [-0.1, -0.05) is 0 Å². The van der Waals surface area contributed by atoms with E-state index in [1.54, 1.807) is 0 Å². The first-order chi connectivity index (χ1) is 6.75. The Kier molecular flexibility index (Phi) is 3.89. The molecule has 0 atom stereocenters. The maximum atomic E-state index is 12.0. The SMILES string of the molecule is CC(C)(C)OC(=O)C(C(F)(F)F)C(F)(F)F. The summed E-state index contributed by atoms with van der Waals surface area (Å²) in [6.45, 7) is 3.53. The fourth-order valence-corrected chi connectivity index (χ4v) is 0.814. The van der Waals surface area contributed by atoms with E-state index in [9.17, 15) is 31.1 Å². The van der Waals surface area contributed by atoms with E-state index in [-0.39, 0.29) is 0 Å². The first-order valence-electron chi connectivity index (χ1n) is 4.11. The van der Waals surface area contributed by atoms with E-state index in [1.165, 1.54) is 20.8 Å². The van der Waals surface area contributed by atoms with Gasteiger partial charge in [0.05, 0.1) is 0 Å². The van der Waals surface area contributed by atoms with Crippen molar-refractivity contribution in [3.8, 4) is 0 Å². The molecule has 0 aliphatic carbocycles. The summed E-state index contributed by atoms with van der Waals surface area (Å²) in [5, 5.41) is 0. The second-order valence-corrected chi connectivity index (χ2v) is 4.05. The molecule has 0 saturated carbocycles. The lowest BCUT2D eigenvalue weighted by molar-refractivity contribution is -0.284. The summed E-state index contributed by atoms with van der Waals surface area (Å²) in [6.07, 6.45) is -11.4. The van der Waals surface area contributed by atoms with Crippen LogP contribution in [0, 0.1) is 5.92 Å². The third kappa shape index (κ3) is 4.71. The molecule has 0 aromatic carbocycles. The van der Waals surface area contributed by atoms with Crippen molar-refractivity contribution in [2.24, 2.45) is 5.92 Å². The number of carbonyl (C=O) groups excluding carboxylic acids is 1. The molecule has 0 radical (unpaired) electrons. The first kappa shape index (κ1) is 15.0. The molecule has 2 nitrogen and oxygen atoms in total. The fourth-order valence-electron chi connectivity index (χ4n) is 0.814. The van der Waals surface area contributed by atoms with Crippen LogP contribution in [0.2, 0.25) is 0 Å². The normalized spacial score (nSPS) is 14.1. The summed E-state index contributed by atoms with van der Waals surface area (Å²) < 4.78 is 76.2. The van der Waals surface area contributed by atoms with Gasteiger partial charge in [-0.25, -0.2) is 0 Å². The maximum absolute atomic E-state index is 12.0. The third-order valence-corrected chi connectivity index (χ3v) is 1.30. The highest BCUT2D eigenvalue weighted by Gasteiger charge is 2.62. The minimum atomic E-state index is -5.71. The Labute approximate surface area is 87.6 Å². The van der Waals surface area contributed by atoms with E-state index in [0.29, 0.717) is 0 Å². The van der Waals surface area contributed by atoms with E-state index < -0.39 is 29.8 Å². The van der Waals surface area contributed by atoms with Crippen LogP contribution in [0.15, 0.2) is 0 Å². The fraction of sp³-hybridized carbons (Fsp3) is 0.875. The quantitative estimate of drug-likeness (QED) is 0.529. The second-order valence-electron chi connectivity index (χ2n) is 4.05. The Morgan fingerprint density at radius 2 is 1.25 bits per heavy atom. The van der Waals surface area contributed by atoms with Crippen molar-refractivity contribution in [3.63, 3.8) is 0 Å². The molecule has 0 rings (SSSR count). The van der Waals surface area contributed by atoms with Crippen molar-refractivity contribution in [3.05, 3.63) is 0 Å². The van der Waals surface area contributed by atoms with Gasteiger partial charge in [0.1, 0.15) is 5.60 Å². The average Bonchev–Trinajstić information content (AvgIpc) is 1.70. The summed E-state index contributed by atoms with van der Waals surface area (Å²) in [5.41, 5.74) is -1.41. The van der Waals surface area contributed by atoms with E-state index in [4.69, 9.17) is 0 Å². The molecule has 0 N–H and O–H groups in total. The average molecular weight is 252 g/mol. The van der Waals surface area contributed by atoms with Crippen LogP contribution in [0.5, 0.6) is 0 Å². The number of halogens is 6. The van der Waals surface area contributed by atoms with E-state index >= 15 is 0 Å². The van der Waals surface area contributed by atoms with Gasteiger partial charge in [-0.2, -0.15) is 26.3 Å². The van der Waals surface area contributed by atoms with Gasteiger partial charge in [-0.15, -0.1) is 0 Å². The number of ether oxygens (including phenoxy) is 1. The van der Waals surface area contributed by atoms with Crippen LogP contribution in [0.4, 0.5) is 26.3 Å². The minimum absolute atomic E-state index is 1.18. The van der Waals surface area contributed by atoms with Crippen molar-refractivity contribution in [1.82, 2.24) is 0 Å². The van der Waals surface area contributed by atoms with Gasteiger partial charge >= 0.3 is 18.3 Å². The molecule has 0 spiro atoms. The molecule has 0 heterocycles. The summed E-state index contributed by atoms with van der Waals surface area (Å²) in [7, 11) is 0. The summed E-state index contributed by atoms with van der Waals surface area (Å²) in [4.78, 5) is 10.8. The number of esters is 1. The third-order valence-electron chi connectivity index (χ3n) is 1.30. The van der Waals surface area contributed by atoms with Crippen molar-refractivity contribution in [2.75, 3.05) is 0 Å². The molecule has 0 aromatic heterocycles. The lowest BCUT2D eigenvalue weighted by atomic mass is 10.1. The smallest absolute Gasteiger partial charge is 0.411 e. The van der Waals surface area contributed by atoms with Crippen LogP contribution >= 0.6 is 0 Å². The maximum Gasteiger partial charge on any atom is 0.411 e. The van der Waals surface area contributed by atoms with E-state index in [2.05, 4.69) is 4.74 Å². The second kappa shape index (κ2) is 4.14. The predicted molar refractivity (Wildman–Crippen MR) is 41.4 cm³/mol.